The maximum Gasteiger partial charge on any atom is 0.419 e. The molecule has 0 atom stereocenters. The van der Waals surface area contributed by atoms with Crippen LogP contribution in [0.5, 0.6) is 0 Å². The van der Waals surface area contributed by atoms with Gasteiger partial charge in [0, 0.05) is 38.6 Å². The summed E-state index contributed by atoms with van der Waals surface area (Å²) in [5.41, 5.74) is 5.16. The molecule has 0 radical (unpaired) electrons. The molecule has 0 N–H and O–H groups in total. The first-order valence-electron chi connectivity index (χ1n) is 10.6. The van der Waals surface area contributed by atoms with Gasteiger partial charge in [-0.3, -0.25) is 9.47 Å². The van der Waals surface area contributed by atoms with Gasteiger partial charge in [-0.05, 0) is 55.3 Å². The van der Waals surface area contributed by atoms with Gasteiger partial charge in [0.2, 0.25) is 0 Å². The van der Waals surface area contributed by atoms with E-state index in [1.165, 1.54) is 0 Å². The summed E-state index contributed by atoms with van der Waals surface area (Å²) < 4.78 is 12.7. The highest BCUT2D eigenvalue weighted by Crippen LogP contribution is 2.27. The van der Waals surface area contributed by atoms with Crippen molar-refractivity contribution in [3.05, 3.63) is 64.3 Å². The molecule has 158 valence electrons. The summed E-state index contributed by atoms with van der Waals surface area (Å²) in [5.74, 6) is -0.324. The van der Waals surface area contributed by atoms with Crippen molar-refractivity contribution in [2.45, 2.75) is 12.8 Å². The summed E-state index contributed by atoms with van der Waals surface area (Å²) in [6, 6.07) is 13.7. The summed E-state index contributed by atoms with van der Waals surface area (Å²) in [6.07, 6.45) is 3.78. The van der Waals surface area contributed by atoms with E-state index < -0.39 is 0 Å². The van der Waals surface area contributed by atoms with Crippen molar-refractivity contribution >= 4 is 27.8 Å². The lowest BCUT2D eigenvalue weighted by atomic mass is 10.1. The largest absolute Gasteiger partial charge is 0.464 e. The minimum atomic E-state index is -0.324. The van der Waals surface area contributed by atoms with Crippen molar-refractivity contribution in [3.63, 3.8) is 0 Å². The maximum atomic E-state index is 11.9. The van der Waals surface area contributed by atoms with Gasteiger partial charge in [0.1, 0.15) is 5.58 Å². The van der Waals surface area contributed by atoms with Gasteiger partial charge in [0.15, 0.2) is 5.58 Å². The molecule has 2 aromatic carbocycles. The Balaban J connectivity index is 1.19. The molecule has 0 spiro atoms. The molecule has 2 aromatic heterocycles. The molecule has 1 fully saturated rings. The standard InChI is InChI=1S/C24H24N4O3/c1-26-20-5-2-6-21(23(20)31-24(26)29)28-12-10-27(11-13-28)9-3-4-18-16-30-22-8-7-17(15-25)14-19(18)22/h2,5-8,14,16H,3-4,9-13H2,1H3. The van der Waals surface area contributed by atoms with E-state index in [4.69, 9.17) is 14.1 Å². The number of aryl methyl sites for hydroxylation is 2. The number of nitrogens with zero attached hydrogens (tertiary/aromatic N) is 4. The van der Waals surface area contributed by atoms with Crippen LogP contribution in [0.1, 0.15) is 17.5 Å². The minimum Gasteiger partial charge on any atom is -0.464 e. The van der Waals surface area contributed by atoms with Gasteiger partial charge in [-0.25, -0.2) is 4.79 Å². The van der Waals surface area contributed by atoms with Crippen LogP contribution >= 0.6 is 0 Å². The predicted octanol–water partition coefficient (Wildman–Crippen LogP) is 3.50. The Kier molecular flexibility index (Phi) is 5.00. The molecule has 0 saturated carbocycles. The number of hydrogen-bond acceptors (Lipinski definition) is 6. The lowest BCUT2D eigenvalue weighted by Crippen LogP contribution is -2.46. The molecule has 1 saturated heterocycles. The molecule has 0 amide bonds. The molecule has 0 aliphatic carbocycles. The number of anilines is 1. The number of nitriles is 1. The average molecular weight is 416 g/mol. The Morgan fingerprint density at radius 2 is 1.97 bits per heavy atom. The molecule has 0 unspecified atom stereocenters. The van der Waals surface area contributed by atoms with Crippen molar-refractivity contribution in [3.8, 4) is 6.07 Å². The molecule has 4 aromatic rings. The van der Waals surface area contributed by atoms with Crippen LogP contribution < -0.4 is 10.7 Å². The van der Waals surface area contributed by atoms with Crippen molar-refractivity contribution < 1.29 is 8.83 Å². The average Bonchev–Trinajstić information content (AvgIpc) is 3.34. The number of fused-ring (bicyclic) bond motifs is 2. The lowest BCUT2D eigenvalue weighted by Gasteiger charge is -2.36. The number of para-hydroxylation sites is 1. The van der Waals surface area contributed by atoms with Gasteiger partial charge in [0.25, 0.3) is 0 Å². The van der Waals surface area contributed by atoms with E-state index in [2.05, 4.69) is 15.9 Å². The Labute approximate surface area is 179 Å². The molecule has 1 aliphatic rings. The van der Waals surface area contributed by atoms with E-state index in [1.807, 2.05) is 36.6 Å². The number of piperazine rings is 1. The van der Waals surface area contributed by atoms with E-state index in [-0.39, 0.29) is 5.76 Å². The third-order valence-corrected chi connectivity index (χ3v) is 6.21. The van der Waals surface area contributed by atoms with Gasteiger partial charge in [-0.2, -0.15) is 5.26 Å². The van der Waals surface area contributed by atoms with Crippen LogP contribution in [0.3, 0.4) is 0 Å². The second kappa shape index (κ2) is 7.97. The Hall–Kier alpha value is -3.50. The van der Waals surface area contributed by atoms with E-state index in [0.29, 0.717) is 11.1 Å². The Bertz CT molecular complexity index is 1330. The van der Waals surface area contributed by atoms with E-state index >= 15 is 0 Å². The highest BCUT2D eigenvalue weighted by Gasteiger charge is 2.21. The smallest absolute Gasteiger partial charge is 0.419 e. The number of furan rings is 1. The third-order valence-electron chi connectivity index (χ3n) is 6.21. The van der Waals surface area contributed by atoms with Crippen LogP contribution in [0.15, 0.2) is 56.3 Å². The maximum absolute atomic E-state index is 11.9. The molecule has 7 heteroatoms. The highest BCUT2D eigenvalue weighted by molar-refractivity contribution is 5.87. The second-order valence-corrected chi connectivity index (χ2v) is 8.07. The van der Waals surface area contributed by atoms with Crippen LogP contribution in [0.4, 0.5) is 5.69 Å². The zero-order chi connectivity index (χ0) is 21.4. The van der Waals surface area contributed by atoms with Gasteiger partial charge >= 0.3 is 5.76 Å². The molecule has 31 heavy (non-hydrogen) atoms. The first-order chi connectivity index (χ1) is 15.1. The van der Waals surface area contributed by atoms with Gasteiger partial charge < -0.3 is 13.7 Å². The lowest BCUT2D eigenvalue weighted by molar-refractivity contribution is 0.255. The number of hydrogen-bond donors (Lipinski definition) is 0. The Morgan fingerprint density at radius 3 is 2.77 bits per heavy atom. The number of rotatable bonds is 5. The van der Waals surface area contributed by atoms with Crippen LogP contribution in [0.25, 0.3) is 22.1 Å². The topological polar surface area (TPSA) is 78.6 Å². The first-order valence-corrected chi connectivity index (χ1v) is 10.6. The fourth-order valence-corrected chi connectivity index (χ4v) is 4.44. The molecular weight excluding hydrogens is 392 g/mol. The zero-order valence-electron chi connectivity index (χ0n) is 17.5. The van der Waals surface area contributed by atoms with Gasteiger partial charge in [-0.15, -0.1) is 0 Å². The van der Waals surface area contributed by atoms with Crippen LogP contribution in [0, 0.1) is 11.3 Å². The van der Waals surface area contributed by atoms with E-state index in [9.17, 15) is 4.79 Å². The first kappa shape index (κ1) is 19.5. The van der Waals surface area contributed by atoms with Gasteiger partial charge in [-0.1, -0.05) is 6.07 Å². The number of oxazole rings is 1. The third kappa shape index (κ3) is 3.60. The molecule has 1 aliphatic heterocycles. The monoisotopic (exact) mass is 416 g/mol. The van der Waals surface area contributed by atoms with Crippen molar-refractivity contribution in [1.82, 2.24) is 9.47 Å². The predicted molar refractivity (Wildman–Crippen MR) is 119 cm³/mol. The molecular formula is C24H24N4O3. The SMILES string of the molecule is Cn1c(=O)oc2c(N3CCN(CCCc4coc5ccc(C#N)cc45)CC3)cccc21. The fourth-order valence-electron chi connectivity index (χ4n) is 4.44. The summed E-state index contributed by atoms with van der Waals surface area (Å²) in [7, 11) is 1.74. The van der Waals surface area contributed by atoms with Crippen molar-refractivity contribution in [2.75, 3.05) is 37.6 Å². The molecule has 5 rings (SSSR count). The van der Waals surface area contributed by atoms with Crippen LogP contribution in [0.2, 0.25) is 0 Å². The molecule has 0 bridgehead atoms. The van der Waals surface area contributed by atoms with Crippen molar-refractivity contribution in [2.24, 2.45) is 7.05 Å². The second-order valence-electron chi connectivity index (χ2n) is 8.07. The van der Waals surface area contributed by atoms with Crippen molar-refractivity contribution in [1.29, 1.82) is 5.26 Å². The molecule has 3 heterocycles. The number of benzene rings is 2. The van der Waals surface area contributed by atoms with Crippen LogP contribution in [-0.4, -0.2) is 42.2 Å². The quantitative estimate of drug-likeness (QED) is 0.495. The molecule has 7 nitrogen and oxygen atoms in total. The summed E-state index contributed by atoms with van der Waals surface area (Å²) in [5, 5.41) is 10.2. The fraction of sp³-hybridized carbons (Fsp3) is 0.333. The minimum absolute atomic E-state index is 0.324. The highest BCUT2D eigenvalue weighted by atomic mass is 16.4. The van der Waals surface area contributed by atoms with E-state index in [1.54, 1.807) is 17.7 Å². The number of aromatic nitrogens is 1. The van der Waals surface area contributed by atoms with Crippen LogP contribution in [-0.2, 0) is 13.5 Å². The Morgan fingerprint density at radius 1 is 1.13 bits per heavy atom. The summed E-state index contributed by atoms with van der Waals surface area (Å²) in [4.78, 5) is 16.7. The normalized spacial score (nSPS) is 15.0. The summed E-state index contributed by atoms with van der Waals surface area (Å²) in [6.45, 7) is 4.76. The summed E-state index contributed by atoms with van der Waals surface area (Å²) >= 11 is 0. The zero-order valence-corrected chi connectivity index (χ0v) is 17.5. The van der Waals surface area contributed by atoms with Gasteiger partial charge in [0.05, 0.1) is 29.1 Å². The van der Waals surface area contributed by atoms with E-state index in [0.717, 1.165) is 73.3 Å².